The van der Waals surface area contributed by atoms with Gasteiger partial charge in [-0.25, -0.2) is 13.6 Å². The molecule has 8 heteroatoms. The highest BCUT2D eigenvalue weighted by molar-refractivity contribution is 6.20. The van der Waals surface area contributed by atoms with E-state index in [4.69, 9.17) is 10.5 Å². The Kier molecular flexibility index (Phi) is 6.49. The summed E-state index contributed by atoms with van der Waals surface area (Å²) in [5, 5.41) is 10.2. The molecular weight excluding hydrogens is 442 g/mol. The van der Waals surface area contributed by atoms with Crippen LogP contribution in [-0.4, -0.2) is 28.2 Å². The van der Waals surface area contributed by atoms with E-state index in [1.165, 1.54) is 12.1 Å². The number of carboxylic acids is 1. The number of benzene rings is 3. The average molecular weight is 466 g/mol. The zero-order valence-electron chi connectivity index (χ0n) is 18.6. The fourth-order valence-electron chi connectivity index (χ4n) is 4.27. The molecule has 0 bridgehead atoms. The van der Waals surface area contributed by atoms with Gasteiger partial charge in [0.25, 0.3) is 0 Å². The minimum atomic E-state index is -1.15. The third-order valence-corrected chi connectivity index (χ3v) is 5.81. The Morgan fingerprint density at radius 1 is 1.06 bits per heavy atom. The van der Waals surface area contributed by atoms with Crippen LogP contribution in [0.1, 0.15) is 41.3 Å². The molecule has 0 atom stereocenters. The van der Waals surface area contributed by atoms with Crippen LogP contribution in [0.15, 0.2) is 48.5 Å². The highest BCUT2D eigenvalue weighted by Crippen LogP contribution is 2.39. The summed E-state index contributed by atoms with van der Waals surface area (Å²) in [5.74, 6) is -3.42. The van der Waals surface area contributed by atoms with E-state index in [0.29, 0.717) is 34.0 Å². The zero-order chi connectivity index (χ0) is 24.4. The van der Waals surface area contributed by atoms with Crippen LogP contribution in [0.2, 0.25) is 0 Å². The smallest absolute Gasteiger partial charge is 0.341 e. The number of amides is 1. The molecule has 0 spiro atoms. The van der Waals surface area contributed by atoms with Gasteiger partial charge in [-0.1, -0.05) is 31.5 Å². The number of ether oxygens (including phenoxy) is 1. The van der Waals surface area contributed by atoms with E-state index in [-0.39, 0.29) is 17.7 Å². The number of halogens is 2. The minimum Gasteiger partial charge on any atom is -0.481 e. The Balaban J connectivity index is 2.06. The lowest BCUT2D eigenvalue weighted by Gasteiger charge is -2.12. The number of fused-ring (bicyclic) bond motifs is 3. The van der Waals surface area contributed by atoms with Crippen molar-refractivity contribution in [2.24, 2.45) is 5.73 Å². The third kappa shape index (κ3) is 4.31. The number of hydrogen-bond acceptors (Lipinski definition) is 3. The van der Waals surface area contributed by atoms with E-state index in [0.717, 1.165) is 24.5 Å². The van der Waals surface area contributed by atoms with E-state index in [1.807, 2.05) is 6.07 Å². The number of aromatic nitrogens is 1. The summed E-state index contributed by atoms with van der Waals surface area (Å²) in [4.78, 5) is 23.5. The molecule has 0 radical (unpaired) electrons. The molecule has 4 rings (SSSR count). The SMILES string of the molecule is CCCCc1cc(OCC(=O)O)c2c3c(C(N)=O)cccc3n(Cc3cccc(F)c3F)c2c1. The summed E-state index contributed by atoms with van der Waals surface area (Å²) in [6, 6.07) is 12.7. The number of aliphatic carboxylic acids is 1. The maximum Gasteiger partial charge on any atom is 0.341 e. The van der Waals surface area contributed by atoms with Crippen LogP contribution in [0, 0.1) is 11.6 Å². The first-order chi connectivity index (χ1) is 16.3. The molecule has 0 saturated heterocycles. The highest BCUT2D eigenvalue weighted by atomic mass is 19.2. The normalized spacial score (nSPS) is 11.3. The molecule has 176 valence electrons. The molecule has 34 heavy (non-hydrogen) atoms. The van der Waals surface area contributed by atoms with Crippen LogP contribution in [0.25, 0.3) is 21.8 Å². The van der Waals surface area contributed by atoms with Gasteiger partial charge in [-0.3, -0.25) is 4.79 Å². The molecule has 3 N–H and O–H groups in total. The molecular formula is C26H24F2N2O4. The standard InChI is InChI=1S/C26H24F2N2O4/c1-2-3-6-15-11-20-24(21(12-15)34-14-22(31)32)23-17(26(29)33)8-5-10-19(23)30(20)13-16-7-4-9-18(27)25(16)28/h4-5,7-12H,2-3,6,13-14H2,1H3,(H2,29,33)(H,31,32). The van der Waals surface area contributed by atoms with Gasteiger partial charge in [0.15, 0.2) is 18.2 Å². The van der Waals surface area contributed by atoms with Gasteiger partial charge in [0, 0.05) is 16.5 Å². The summed E-state index contributed by atoms with van der Waals surface area (Å²) < 4.78 is 35.9. The second kappa shape index (κ2) is 9.51. The average Bonchev–Trinajstić information content (AvgIpc) is 3.12. The van der Waals surface area contributed by atoms with Crippen LogP contribution in [0.4, 0.5) is 8.78 Å². The van der Waals surface area contributed by atoms with Gasteiger partial charge in [-0.2, -0.15) is 0 Å². The maximum atomic E-state index is 14.6. The molecule has 3 aromatic carbocycles. The summed E-state index contributed by atoms with van der Waals surface area (Å²) in [5.41, 5.74) is 8.10. The number of carbonyl (C=O) groups excluding carboxylic acids is 1. The number of hydrogen-bond donors (Lipinski definition) is 2. The van der Waals surface area contributed by atoms with Crippen molar-refractivity contribution in [3.8, 4) is 5.75 Å². The minimum absolute atomic E-state index is 0.0125. The van der Waals surface area contributed by atoms with Crippen LogP contribution < -0.4 is 10.5 Å². The van der Waals surface area contributed by atoms with Crippen molar-refractivity contribution in [1.82, 2.24) is 4.57 Å². The Hall–Kier alpha value is -3.94. The fraction of sp³-hybridized carbons (Fsp3) is 0.231. The van der Waals surface area contributed by atoms with E-state index in [1.54, 1.807) is 28.8 Å². The van der Waals surface area contributed by atoms with Gasteiger partial charge >= 0.3 is 5.97 Å². The van der Waals surface area contributed by atoms with Crippen LogP contribution in [0.3, 0.4) is 0 Å². The number of nitrogens with two attached hydrogens (primary N) is 1. The molecule has 0 saturated carbocycles. The summed E-state index contributed by atoms with van der Waals surface area (Å²) in [6.07, 6.45) is 2.57. The Morgan fingerprint density at radius 3 is 2.53 bits per heavy atom. The van der Waals surface area contributed by atoms with E-state index in [9.17, 15) is 23.5 Å². The zero-order valence-corrected chi connectivity index (χ0v) is 18.6. The van der Waals surface area contributed by atoms with Gasteiger partial charge in [0.05, 0.1) is 23.0 Å². The summed E-state index contributed by atoms with van der Waals surface area (Å²) in [7, 11) is 0. The van der Waals surface area contributed by atoms with E-state index >= 15 is 0 Å². The first-order valence-electron chi connectivity index (χ1n) is 11.0. The molecule has 1 aromatic heterocycles. The van der Waals surface area contributed by atoms with Crippen molar-refractivity contribution in [2.45, 2.75) is 32.7 Å². The van der Waals surface area contributed by atoms with Gasteiger partial charge in [0.2, 0.25) is 5.91 Å². The quantitative estimate of drug-likeness (QED) is 0.362. The molecule has 0 aliphatic rings. The molecule has 0 unspecified atom stereocenters. The Labute approximate surface area is 194 Å². The third-order valence-electron chi connectivity index (χ3n) is 5.81. The summed E-state index contributed by atoms with van der Waals surface area (Å²) >= 11 is 0. The van der Waals surface area contributed by atoms with Crippen molar-refractivity contribution in [2.75, 3.05) is 6.61 Å². The molecule has 0 aliphatic carbocycles. The van der Waals surface area contributed by atoms with Gasteiger partial charge in [0.1, 0.15) is 5.75 Å². The monoisotopic (exact) mass is 466 g/mol. The Morgan fingerprint density at radius 2 is 1.82 bits per heavy atom. The largest absolute Gasteiger partial charge is 0.481 e. The number of rotatable bonds is 9. The highest BCUT2D eigenvalue weighted by Gasteiger charge is 2.22. The summed E-state index contributed by atoms with van der Waals surface area (Å²) in [6.45, 7) is 1.47. The van der Waals surface area contributed by atoms with Gasteiger partial charge < -0.3 is 20.1 Å². The second-order valence-corrected chi connectivity index (χ2v) is 8.14. The van der Waals surface area contributed by atoms with Crippen molar-refractivity contribution in [3.05, 3.63) is 76.9 Å². The predicted molar refractivity (Wildman–Crippen MR) is 125 cm³/mol. The molecule has 0 fully saturated rings. The van der Waals surface area contributed by atoms with Crippen molar-refractivity contribution in [3.63, 3.8) is 0 Å². The fourth-order valence-corrected chi connectivity index (χ4v) is 4.27. The van der Waals surface area contributed by atoms with Gasteiger partial charge in [-0.05, 0) is 48.7 Å². The molecule has 1 amide bonds. The topological polar surface area (TPSA) is 94.6 Å². The second-order valence-electron chi connectivity index (χ2n) is 8.14. The maximum absolute atomic E-state index is 14.6. The predicted octanol–water partition coefficient (Wildman–Crippen LogP) is 5.03. The van der Waals surface area contributed by atoms with Crippen molar-refractivity contribution < 1.29 is 28.2 Å². The first kappa shape index (κ1) is 23.2. The number of carboxylic acid groups (broad SMARTS) is 1. The van der Waals surface area contributed by atoms with Crippen molar-refractivity contribution >= 4 is 33.7 Å². The van der Waals surface area contributed by atoms with E-state index < -0.39 is 30.1 Å². The lowest BCUT2D eigenvalue weighted by Crippen LogP contribution is -2.12. The lowest BCUT2D eigenvalue weighted by atomic mass is 10.0. The molecule has 0 aliphatic heterocycles. The van der Waals surface area contributed by atoms with Crippen LogP contribution >= 0.6 is 0 Å². The van der Waals surface area contributed by atoms with Crippen molar-refractivity contribution in [1.29, 1.82) is 0 Å². The van der Waals surface area contributed by atoms with Gasteiger partial charge in [-0.15, -0.1) is 0 Å². The van der Waals surface area contributed by atoms with Crippen LogP contribution in [-0.2, 0) is 17.8 Å². The number of aryl methyl sites for hydroxylation is 1. The van der Waals surface area contributed by atoms with Crippen LogP contribution in [0.5, 0.6) is 5.75 Å². The lowest BCUT2D eigenvalue weighted by molar-refractivity contribution is -0.139. The Bertz CT molecular complexity index is 1410. The first-order valence-corrected chi connectivity index (χ1v) is 11.0. The van der Waals surface area contributed by atoms with E-state index in [2.05, 4.69) is 6.92 Å². The number of unbranched alkanes of at least 4 members (excludes halogenated alkanes) is 1. The molecule has 4 aromatic rings. The molecule has 1 heterocycles. The molecule has 6 nitrogen and oxygen atoms in total. The number of primary amides is 1. The number of carbonyl (C=O) groups is 2. The number of nitrogens with zero attached hydrogens (tertiary/aromatic N) is 1.